The van der Waals surface area contributed by atoms with E-state index < -0.39 is 0 Å². The SMILES string of the molecule is Nc1cccnc1C(=O)N1CCC(CO)C1. The van der Waals surface area contributed by atoms with Gasteiger partial charge in [0, 0.05) is 31.8 Å². The van der Waals surface area contributed by atoms with Crippen LogP contribution < -0.4 is 5.73 Å². The Morgan fingerprint density at radius 1 is 1.69 bits per heavy atom. The van der Waals surface area contributed by atoms with Gasteiger partial charge in [-0.25, -0.2) is 4.98 Å². The molecule has 1 aromatic heterocycles. The second-order valence-electron chi connectivity index (χ2n) is 4.03. The Labute approximate surface area is 93.9 Å². The van der Waals surface area contributed by atoms with Crippen LogP contribution in [-0.4, -0.2) is 40.6 Å². The summed E-state index contributed by atoms with van der Waals surface area (Å²) in [7, 11) is 0. The van der Waals surface area contributed by atoms with Crippen molar-refractivity contribution in [2.45, 2.75) is 6.42 Å². The molecule has 0 spiro atoms. The van der Waals surface area contributed by atoms with Crippen LogP contribution in [0.5, 0.6) is 0 Å². The highest BCUT2D eigenvalue weighted by molar-refractivity contribution is 5.97. The van der Waals surface area contributed by atoms with Crippen molar-refractivity contribution in [3.8, 4) is 0 Å². The molecule has 1 saturated heterocycles. The zero-order valence-electron chi connectivity index (χ0n) is 8.97. The number of rotatable bonds is 2. The number of likely N-dealkylation sites (tertiary alicyclic amines) is 1. The fourth-order valence-electron chi connectivity index (χ4n) is 1.91. The van der Waals surface area contributed by atoms with Gasteiger partial charge in [-0.15, -0.1) is 0 Å². The second-order valence-corrected chi connectivity index (χ2v) is 4.03. The van der Waals surface area contributed by atoms with Gasteiger partial charge in [-0.1, -0.05) is 0 Å². The lowest BCUT2D eigenvalue weighted by Crippen LogP contribution is -2.30. The first kappa shape index (κ1) is 10.9. The number of hydrogen-bond acceptors (Lipinski definition) is 4. The van der Waals surface area contributed by atoms with Crippen molar-refractivity contribution in [2.75, 3.05) is 25.4 Å². The van der Waals surface area contributed by atoms with E-state index in [2.05, 4.69) is 4.98 Å². The van der Waals surface area contributed by atoms with Gasteiger partial charge in [0.05, 0.1) is 5.69 Å². The second kappa shape index (κ2) is 4.49. The Kier molecular flexibility index (Phi) is 3.05. The molecule has 1 fully saturated rings. The lowest BCUT2D eigenvalue weighted by molar-refractivity contribution is 0.0777. The van der Waals surface area contributed by atoms with Gasteiger partial charge in [0.2, 0.25) is 0 Å². The molecule has 2 heterocycles. The van der Waals surface area contributed by atoms with Gasteiger partial charge in [-0.3, -0.25) is 4.79 Å². The largest absolute Gasteiger partial charge is 0.397 e. The van der Waals surface area contributed by atoms with E-state index >= 15 is 0 Å². The number of amides is 1. The van der Waals surface area contributed by atoms with E-state index in [4.69, 9.17) is 10.8 Å². The van der Waals surface area contributed by atoms with E-state index in [-0.39, 0.29) is 18.4 Å². The number of hydrogen-bond donors (Lipinski definition) is 2. The average Bonchev–Trinajstić information content (AvgIpc) is 2.77. The van der Waals surface area contributed by atoms with Gasteiger partial charge in [-0.2, -0.15) is 0 Å². The van der Waals surface area contributed by atoms with E-state index in [1.807, 2.05) is 0 Å². The van der Waals surface area contributed by atoms with Crippen LogP contribution in [0.4, 0.5) is 5.69 Å². The summed E-state index contributed by atoms with van der Waals surface area (Å²) in [6.07, 6.45) is 2.40. The number of nitrogens with two attached hydrogens (primary N) is 1. The Bertz CT molecular complexity index is 395. The first-order valence-corrected chi connectivity index (χ1v) is 5.33. The minimum atomic E-state index is -0.144. The maximum atomic E-state index is 12.0. The van der Waals surface area contributed by atoms with Gasteiger partial charge in [-0.05, 0) is 18.6 Å². The summed E-state index contributed by atoms with van der Waals surface area (Å²) in [5.74, 6) is 0.0444. The van der Waals surface area contributed by atoms with Crippen molar-refractivity contribution in [3.05, 3.63) is 24.0 Å². The Hall–Kier alpha value is -1.62. The summed E-state index contributed by atoms with van der Waals surface area (Å²) in [6.45, 7) is 1.38. The van der Waals surface area contributed by atoms with Gasteiger partial charge in [0.25, 0.3) is 5.91 Å². The standard InChI is InChI=1S/C11H15N3O2/c12-9-2-1-4-13-10(9)11(16)14-5-3-8(6-14)7-15/h1-2,4,8,15H,3,5-7,12H2. The molecule has 0 bridgehead atoms. The quantitative estimate of drug-likeness (QED) is 0.743. The maximum Gasteiger partial charge on any atom is 0.274 e. The van der Waals surface area contributed by atoms with Crippen LogP contribution in [0.3, 0.4) is 0 Å². The van der Waals surface area contributed by atoms with Crippen molar-refractivity contribution >= 4 is 11.6 Å². The molecule has 1 amide bonds. The molecular weight excluding hydrogens is 206 g/mol. The molecule has 1 atom stereocenters. The van der Waals surface area contributed by atoms with Crippen LogP contribution in [0.2, 0.25) is 0 Å². The predicted octanol–water partition coefficient (Wildman–Crippen LogP) is 0.118. The smallest absolute Gasteiger partial charge is 0.274 e. The third-order valence-corrected chi connectivity index (χ3v) is 2.87. The Morgan fingerprint density at radius 2 is 2.50 bits per heavy atom. The molecule has 1 aliphatic rings. The minimum absolute atomic E-state index is 0.126. The van der Waals surface area contributed by atoms with Crippen molar-refractivity contribution in [3.63, 3.8) is 0 Å². The monoisotopic (exact) mass is 221 g/mol. The number of carbonyl (C=O) groups is 1. The third-order valence-electron chi connectivity index (χ3n) is 2.87. The Morgan fingerprint density at radius 3 is 3.12 bits per heavy atom. The molecule has 0 aromatic carbocycles. The summed E-state index contributed by atoms with van der Waals surface area (Å²) in [4.78, 5) is 17.7. The van der Waals surface area contributed by atoms with Crippen LogP contribution in [0.15, 0.2) is 18.3 Å². The van der Waals surface area contributed by atoms with Crippen molar-refractivity contribution < 1.29 is 9.90 Å². The number of aromatic nitrogens is 1. The molecule has 2 rings (SSSR count). The van der Waals surface area contributed by atoms with E-state index in [0.29, 0.717) is 24.5 Å². The highest BCUT2D eigenvalue weighted by Crippen LogP contribution is 2.19. The van der Waals surface area contributed by atoms with Crippen molar-refractivity contribution in [1.82, 2.24) is 9.88 Å². The summed E-state index contributed by atoms with van der Waals surface area (Å²) >= 11 is 0. The van der Waals surface area contributed by atoms with E-state index in [0.717, 1.165) is 6.42 Å². The van der Waals surface area contributed by atoms with Crippen LogP contribution in [0.25, 0.3) is 0 Å². The summed E-state index contributed by atoms with van der Waals surface area (Å²) < 4.78 is 0. The molecule has 0 saturated carbocycles. The van der Waals surface area contributed by atoms with E-state index in [9.17, 15) is 4.79 Å². The number of pyridine rings is 1. The molecular formula is C11H15N3O2. The van der Waals surface area contributed by atoms with Gasteiger partial charge >= 0.3 is 0 Å². The van der Waals surface area contributed by atoms with E-state index in [1.165, 1.54) is 0 Å². The van der Waals surface area contributed by atoms with Crippen molar-refractivity contribution in [2.24, 2.45) is 5.92 Å². The lowest BCUT2D eigenvalue weighted by Gasteiger charge is -2.16. The zero-order chi connectivity index (χ0) is 11.5. The number of nitrogen functional groups attached to an aromatic ring is 1. The molecule has 16 heavy (non-hydrogen) atoms. The fourth-order valence-corrected chi connectivity index (χ4v) is 1.91. The van der Waals surface area contributed by atoms with Gasteiger partial charge < -0.3 is 15.7 Å². The normalized spacial score (nSPS) is 20.1. The number of carbonyl (C=O) groups excluding carboxylic acids is 1. The van der Waals surface area contributed by atoms with E-state index in [1.54, 1.807) is 23.2 Å². The minimum Gasteiger partial charge on any atom is -0.397 e. The highest BCUT2D eigenvalue weighted by Gasteiger charge is 2.27. The molecule has 0 radical (unpaired) electrons. The predicted molar refractivity (Wildman–Crippen MR) is 59.7 cm³/mol. The number of nitrogens with zero attached hydrogens (tertiary/aromatic N) is 2. The summed E-state index contributed by atoms with van der Waals surface area (Å²) in [6, 6.07) is 3.37. The number of aliphatic hydroxyl groups is 1. The highest BCUT2D eigenvalue weighted by atomic mass is 16.3. The fraction of sp³-hybridized carbons (Fsp3) is 0.455. The molecule has 5 nitrogen and oxygen atoms in total. The summed E-state index contributed by atoms with van der Waals surface area (Å²) in [5, 5.41) is 9.01. The number of anilines is 1. The zero-order valence-corrected chi connectivity index (χ0v) is 8.97. The van der Waals surface area contributed by atoms with Gasteiger partial charge in [0.1, 0.15) is 0 Å². The van der Waals surface area contributed by atoms with Gasteiger partial charge in [0.15, 0.2) is 5.69 Å². The van der Waals surface area contributed by atoms with Crippen molar-refractivity contribution in [1.29, 1.82) is 0 Å². The van der Waals surface area contributed by atoms with Crippen LogP contribution in [-0.2, 0) is 0 Å². The lowest BCUT2D eigenvalue weighted by atomic mass is 10.1. The summed E-state index contributed by atoms with van der Waals surface area (Å²) in [5.41, 5.74) is 6.41. The van der Waals surface area contributed by atoms with Crippen LogP contribution in [0, 0.1) is 5.92 Å². The average molecular weight is 221 g/mol. The van der Waals surface area contributed by atoms with Crippen LogP contribution in [0.1, 0.15) is 16.9 Å². The maximum absolute atomic E-state index is 12.0. The van der Waals surface area contributed by atoms with Crippen LogP contribution >= 0.6 is 0 Å². The molecule has 86 valence electrons. The molecule has 1 aromatic rings. The first-order valence-electron chi connectivity index (χ1n) is 5.33. The molecule has 1 aliphatic heterocycles. The molecule has 3 N–H and O–H groups in total. The third kappa shape index (κ3) is 1.99. The molecule has 1 unspecified atom stereocenters. The Balaban J connectivity index is 2.12. The molecule has 0 aliphatic carbocycles. The first-order chi connectivity index (χ1) is 7.72. The molecule has 5 heteroatoms. The number of aliphatic hydroxyl groups excluding tert-OH is 1. The topological polar surface area (TPSA) is 79.5 Å².